The van der Waals surface area contributed by atoms with E-state index >= 15 is 0 Å². The van der Waals surface area contributed by atoms with Gasteiger partial charge in [-0.25, -0.2) is 4.79 Å². The fraction of sp³-hybridized carbons (Fsp3) is 0.533. The molecular formula is C15H23N3O. The van der Waals surface area contributed by atoms with Crippen molar-refractivity contribution in [2.45, 2.75) is 32.6 Å². The van der Waals surface area contributed by atoms with Crippen molar-refractivity contribution >= 4 is 11.7 Å². The summed E-state index contributed by atoms with van der Waals surface area (Å²) in [5, 5.41) is 9.10. The first-order chi connectivity index (χ1) is 9.29. The van der Waals surface area contributed by atoms with E-state index in [1.54, 1.807) is 0 Å². The minimum atomic E-state index is -0.0681. The molecule has 0 aromatic heterocycles. The van der Waals surface area contributed by atoms with Gasteiger partial charge in [-0.05, 0) is 42.9 Å². The Morgan fingerprint density at radius 1 is 1.32 bits per heavy atom. The van der Waals surface area contributed by atoms with Crippen LogP contribution in [0.3, 0.4) is 0 Å². The Balaban J connectivity index is 1.78. The molecule has 0 atom stereocenters. The number of carbonyl (C=O) groups is 1. The largest absolute Gasteiger partial charge is 0.385 e. The zero-order valence-electron chi connectivity index (χ0n) is 11.6. The second-order valence-electron chi connectivity index (χ2n) is 4.95. The lowest BCUT2D eigenvalue weighted by Gasteiger charge is -2.18. The normalized spacial score (nSPS) is 13.3. The summed E-state index contributed by atoms with van der Waals surface area (Å²) < 4.78 is 0. The predicted octanol–water partition coefficient (Wildman–Crippen LogP) is 2.30. The summed E-state index contributed by atoms with van der Waals surface area (Å²) in [5.41, 5.74) is 3.96. The molecule has 0 saturated carbocycles. The number of rotatable bonds is 5. The molecular weight excluding hydrogens is 238 g/mol. The maximum absolute atomic E-state index is 11.4. The third-order valence-electron chi connectivity index (χ3n) is 3.34. The van der Waals surface area contributed by atoms with E-state index in [-0.39, 0.29) is 6.03 Å². The van der Waals surface area contributed by atoms with E-state index in [0.29, 0.717) is 6.54 Å². The summed E-state index contributed by atoms with van der Waals surface area (Å²) in [5.74, 6) is 0. The van der Waals surface area contributed by atoms with Gasteiger partial charge < -0.3 is 16.0 Å². The van der Waals surface area contributed by atoms with Gasteiger partial charge in [-0.3, -0.25) is 0 Å². The van der Waals surface area contributed by atoms with Crippen molar-refractivity contribution in [2.24, 2.45) is 0 Å². The summed E-state index contributed by atoms with van der Waals surface area (Å²) in [4.78, 5) is 11.4. The Labute approximate surface area is 115 Å². The highest BCUT2D eigenvalue weighted by atomic mass is 16.2. The lowest BCUT2D eigenvalue weighted by molar-refractivity contribution is 0.241. The SMILES string of the molecule is CCCNC(=O)NCCc1ccc2c(c1)CCCN2. The number of anilines is 1. The van der Waals surface area contributed by atoms with E-state index in [9.17, 15) is 4.79 Å². The summed E-state index contributed by atoms with van der Waals surface area (Å²) in [6, 6.07) is 6.48. The number of hydrogen-bond acceptors (Lipinski definition) is 2. The van der Waals surface area contributed by atoms with Crippen LogP contribution in [0.1, 0.15) is 30.9 Å². The molecule has 3 N–H and O–H groups in total. The zero-order chi connectivity index (χ0) is 13.5. The van der Waals surface area contributed by atoms with Crippen LogP contribution in [0, 0.1) is 0 Å². The van der Waals surface area contributed by atoms with Crippen LogP contribution < -0.4 is 16.0 Å². The van der Waals surface area contributed by atoms with Gasteiger partial charge in [0.2, 0.25) is 0 Å². The molecule has 1 aliphatic rings. The first kappa shape index (κ1) is 13.7. The molecule has 1 aromatic carbocycles. The van der Waals surface area contributed by atoms with Crippen molar-refractivity contribution in [3.63, 3.8) is 0 Å². The maximum Gasteiger partial charge on any atom is 0.314 e. The van der Waals surface area contributed by atoms with Crippen molar-refractivity contribution in [2.75, 3.05) is 25.0 Å². The molecule has 1 aliphatic heterocycles. The van der Waals surface area contributed by atoms with E-state index in [2.05, 4.69) is 34.1 Å². The van der Waals surface area contributed by atoms with Crippen LogP contribution >= 0.6 is 0 Å². The second-order valence-corrected chi connectivity index (χ2v) is 4.95. The number of nitrogens with one attached hydrogen (secondary N) is 3. The van der Waals surface area contributed by atoms with Gasteiger partial charge in [0.25, 0.3) is 0 Å². The second kappa shape index (κ2) is 7.02. The van der Waals surface area contributed by atoms with Crippen LogP contribution in [0.25, 0.3) is 0 Å². The van der Waals surface area contributed by atoms with Crippen LogP contribution in [0.2, 0.25) is 0 Å². The standard InChI is InChI=1S/C15H23N3O/c1-2-8-17-15(19)18-10-7-12-5-6-14-13(11-12)4-3-9-16-14/h5-6,11,16H,2-4,7-10H2,1H3,(H2,17,18,19). The molecule has 0 unspecified atom stereocenters. The number of amides is 2. The van der Waals surface area contributed by atoms with E-state index in [4.69, 9.17) is 0 Å². The first-order valence-electron chi connectivity index (χ1n) is 7.17. The molecule has 0 bridgehead atoms. The zero-order valence-corrected chi connectivity index (χ0v) is 11.6. The van der Waals surface area contributed by atoms with Crippen LogP contribution in [0.15, 0.2) is 18.2 Å². The third-order valence-corrected chi connectivity index (χ3v) is 3.34. The minimum absolute atomic E-state index is 0.0681. The predicted molar refractivity (Wildman–Crippen MR) is 78.6 cm³/mol. The minimum Gasteiger partial charge on any atom is -0.385 e. The molecule has 0 saturated heterocycles. The lowest BCUT2D eigenvalue weighted by Crippen LogP contribution is -2.36. The van der Waals surface area contributed by atoms with Crippen molar-refractivity contribution in [1.29, 1.82) is 0 Å². The number of aryl methyl sites for hydroxylation is 1. The molecule has 0 aliphatic carbocycles. The monoisotopic (exact) mass is 261 g/mol. The Bertz CT molecular complexity index is 431. The van der Waals surface area contributed by atoms with Crippen LogP contribution in [0.4, 0.5) is 10.5 Å². The molecule has 1 heterocycles. The summed E-state index contributed by atoms with van der Waals surface area (Å²) in [6.07, 6.45) is 4.20. The molecule has 4 heteroatoms. The van der Waals surface area contributed by atoms with E-state index < -0.39 is 0 Å². The van der Waals surface area contributed by atoms with Gasteiger partial charge in [-0.2, -0.15) is 0 Å². The molecule has 1 aromatic rings. The Hall–Kier alpha value is -1.71. The molecule has 4 nitrogen and oxygen atoms in total. The third kappa shape index (κ3) is 4.16. The van der Waals surface area contributed by atoms with Crippen molar-refractivity contribution in [3.8, 4) is 0 Å². The topological polar surface area (TPSA) is 53.2 Å². The van der Waals surface area contributed by atoms with Crippen LogP contribution in [0.5, 0.6) is 0 Å². The van der Waals surface area contributed by atoms with Crippen molar-refractivity contribution in [1.82, 2.24) is 10.6 Å². The number of urea groups is 1. The fourth-order valence-corrected chi connectivity index (χ4v) is 2.31. The van der Waals surface area contributed by atoms with Gasteiger partial charge in [0.15, 0.2) is 0 Å². The lowest BCUT2D eigenvalue weighted by atomic mass is 9.99. The Kier molecular flexibility index (Phi) is 5.07. The number of fused-ring (bicyclic) bond motifs is 1. The van der Waals surface area contributed by atoms with Crippen molar-refractivity contribution < 1.29 is 4.79 Å². The average Bonchev–Trinajstić information content (AvgIpc) is 2.45. The maximum atomic E-state index is 11.4. The van der Waals surface area contributed by atoms with E-state index in [1.807, 2.05) is 6.92 Å². The Morgan fingerprint density at radius 3 is 3.00 bits per heavy atom. The molecule has 104 valence electrons. The van der Waals surface area contributed by atoms with Gasteiger partial charge in [0.05, 0.1) is 0 Å². The first-order valence-corrected chi connectivity index (χ1v) is 7.17. The van der Waals surface area contributed by atoms with E-state index in [0.717, 1.165) is 32.4 Å². The molecule has 19 heavy (non-hydrogen) atoms. The van der Waals surface area contributed by atoms with Gasteiger partial charge >= 0.3 is 6.03 Å². The summed E-state index contributed by atoms with van der Waals surface area (Å²) in [6.45, 7) is 4.53. The fourth-order valence-electron chi connectivity index (χ4n) is 2.31. The van der Waals surface area contributed by atoms with Gasteiger partial charge in [0.1, 0.15) is 0 Å². The highest BCUT2D eigenvalue weighted by Gasteiger charge is 2.08. The van der Waals surface area contributed by atoms with Gasteiger partial charge in [-0.1, -0.05) is 19.1 Å². The highest BCUT2D eigenvalue weighted by Crippen LogP contribution is 2.22. The molecule has 0 fully saturated rings. The number of carbonyl (C=O) groups excluding carboxylic acids is 1. The summed E-state index contributed by atoms with van der Waals surface area (Å²) in [7, 11) is 0. The van der Waals surface area contributed by atoms with Crippen LogP contribution in [-0.2, 0) is 12.8 Å². The number of hydrogen-bond donors (Lipinski definition) is 3. The van der Waals surface area contributed by atoms with Crippen molar-refractivity contribution in [3.05, 3.63) is 29.3 Å². The molecule has 2 amide bonds. The average molecular weight is 261 g/mol. The van der Waals surface area contributed by atoms with Gasteiger partial charge in [-0.15, -0.1) is 0 Å². The number of benzene rings is 1. The van der Waals surface area contributed by atoms with E-state index in [1.165, 1.54) is 23.2 Å². The quantitative estimate of drug-likeness (QED) is 0.762. The molecule has 0 radical (unpaired) electrons. The summed E-state index contributed by atoms with van der Waals surface area (Å²) >= 11 is 0. The van der Waals surface area contributed by atoms with Crippen LogP contribution in [-0.4, -0.2) is 25.7 Å². The Morgan fingerprint density at radius 2 is 2.16 bits per heavy atom. The smallest absolute Gasteiger partial charge is 0.314 e. The highest BCUT2D eigenvalue weighted by molar-refractivity contribution is 5.73. The van der Waals surface area contributed by atoms with Gasteiger partial charge in [0, 0.05) is 25.3 Å². The molecule has 2 rings (SSSR count). The molecule has 0 spiro atoms.